The van der Waals surface area contributed by atoms with Crippen LogP contribution in [0.15, 0.2) is 0 Å². The first-order valence-electron chi connectivity index (χ1n) is 4.85. The van der Waals surface area contributed by atoms with Crippen molar-refractivity contribution in [3.8, 4) is 0 Å². The van der Waals surface area contributed by atoms with Crippen molar-refractivity contribution in [2.24, 2.45) is 5.73 Å². The summed E-state index contributed by atoms with van der Waals surface area (Å²) < 4.78 is 4.82. The van der Waals surface area contributed by atoms with E-state index in [0.29, 0.717) is 6.61 Å². The SMILES string of the molecule is CCOCC(=O)N[C@H](CCC(=O)O)C(N)=O. The molecule has 0 rings (SSSR count). The molecular formula is C9H16N2O5. The third-order valence-corrected chi connectivity index (χ3v) is 1.76. The van der Waals surface area contributed by atoms with E-state index in [2.05, 4.69) is 5.32 Å². The number of ether oxygens (including phenoxy) is 1. The van der Waals surface area contributed by atoms with Gasteiger partial charge in [0.15, 0.2) is 0 Å². The van der Waals surface area contributed by atoms with E-state index >= 15 is 0 Å². The average molecular weight is 232 g/mol. The van der Waals surface area contributed by atoms with Gasteiger partial charge in [-0.3, -0.25) is 14.4 Å². The number of nitrogens with two attached hydrogens (primary N) is 1. The fraction of sp³-hybridized carbons (Fsp3) is 0.667. The lowest BCUT2D eigenvalue weighted by Gasteiger charge is -2.14. The van der Waals surface area contributed by atoms with Crippen LogP contribution in [0.4, 0.5) is 0 Å². The zero-order chi connectivity index (χ0) is 12.6. The Balaban J connectivity index is 4.07. The van der Waals surface area contributed by atoms with Gasteiger partial charge in [0, 0.05) is 13.0 Å². The van der Waals surface area contributed by atoms with Gasteiger partial charge in [-0.2, -0.15) is 0 Å². The number of nitrogens with one attached hydrogen (secondary N) is 1. The van der Waals surface area contributed by atoms with Crippen molar-refractivity contribution in [3.05, 3.63) is 0 Å². The van der Waals surface area contributed by atoms with Gasteiger partial charge in [-0.15, -0.1) is 0 Å². The lowest BCUT2D eigenvalue weighted by atomic mass is 10.1. The van der Waals surface area contributed by atoms with Crippen LogP contribution in [0, 0.1) is 0 Å². The Kier molecular flexibility index (Phi) is 6.86. The van der Waals surface area contributed by atoms with Crippen LogP contribution in [0.25, 0.3) is 0 Å². The number of aliphatic carboxylic acids is 1. The third-order valence-electron chi connectivity index (χ3n) is 1.76. The van der Waals surface area contributed by atoms with E-state index in [4.69, 9.17) is 15.6 Å². The number of carbonyl (C=O) groups excluding carboxylic acids is 2. The molecule has 7 nitrogen and oxygen atoms in total. The van der Waals surface area contributed by atoms with Gasteiger partial charge in [0.05, 0.1) is 0 Å². The van der Waals surface area contributed by atoms with Crippen LogP contribution in [-0.2, 0) is 19.1 Å². The Morgan fingerprint density at radius 2 is 2.06 bits per heavy atom. The van der Waals surface area contributed by atoms with Gasteiger partial charge in [0.2, 0.25) is 11.8 Å². The molecule has 7 heteroatoms. The van der Waals surface area contributed by atoms with Crippen LogP contribution >= 0.6 is 0 Å². The molecule has 2 amide bonds. The molecule has 4 N–H and O–H groups in total. The van der Waals surface area contributed by atoms with Crippen molar-refractivity contribution < 1.29 is 24.2 Å². The molecule has 0 bridgehead atoms. The van der Waals surface area contributed by atoms with E-state index in [1.807, 2.05) is 0 Å². The molecular weight excluding hydrogens is 216 g/mol. The van der Waals surface area contributed by atoms with E-state index < -0.39 is 23.8 Å². The molecule has 0 aromatic heterocycles. The summed E-state index contributed by atoms with van der Waals surface area (Å²) in [7, 11) is 0. The first kappa shape index (κ1) is 14.4. The van der Waals surface area contributed by atoms with E-state index in [9.17, 15) is 14.4 Å². The molecule has 0 heterocycles. The van der Waals surface area contributed by atoms with Gasteiger partial charge in [-0.05, 0) is 13.3 Å². The third kappa shape index (κ3) is 6.77. The Morgan fingerprint density at radius 3 is 2.50 bits per heavy atom. The summed E-state index contributed by atoms with van der Waals surface area (Å²) >= 11 is 0. The number of hydrogen-bond donors (Lipinski definition) is 3. The number of primary amides is 1. The molecule has 0 unspecified atom stereocenters. The zero-order valence-corrected chi connectivity index (χ0v) is 9.06. The number of hydrogen-bond acceptors (Lipinski definition) is 4. The monoisotopic (exact) mass is 232 g/mol. The van der Waals surface area contributed by atoms with E-state index in [-0.39, 0.29) is 19.4 Å². The highest BCUT2D eigenvalue weighted by Gasteiger charge is 2.18. The second kappa shape index (κ2) is 7.63. The zero-order valence-electron chi connectivity index (χ0n) is 9.06. The van der Waals surface area contributed by atoms with E-state index in [0.717, 1.165) is 0 Å². The standard InChI is InChI=1S/C9H16N2O5/c1-2-16-5-7(12)11-6(9(10)15)3-4-8(13)14/h6H,2-5H2,1H3,(H2,10,15)(H,11,12)(H,13,14)/t6-/m1/s1. The van der Waals surface area contributed by atoms with Crippen molar-refractivity contribution in [3.63, 3.8) is 0 Å². The topological polar surface area (TPSA) is 119 Å². The van der Waals surface area contributed by atoms with Gasteiger partial charge in [0.25, 0.3) is 0 Å². The lowest BCUT2D eigenvalue weighted by Crippen LogP contribution is -2.45. The summed E-state index contributed by atoms with van der Waals surface area (Å²) in [6, 6.07) is -0.968. The van der Waals surface area contributed by atoms with Crippen LogP contribution in [0.1, 0.15) is 19.8 Å². The molecule has 0 radical (unpaired) electrons. The van der Waals surface area contributed by atoms with Crippen molar-refractivity contribution in [2.45, 2.75) is 25.8 Å². The van der Waals surface area contributed by atoms with Crippen LogP contribution in [0.3, 0.4) is 0 Å². The first-order valence-corrected chi connectivity index (χ1v) is 4.85. The highest BCUT2D eigenvalue weighted by Crippen LogP contribution is 1.97. The summed E-state index contributed by atoms with van der Waals surface area (Å²) in [4.78, 5) is 32.4. The summed E-state index contributed by atoms with van der Waals surface area (Å²) in [6.07, 6.45) is -0.259. The minimum absolute atomic E-state index is 0.0253. The maximum absolute atomic E-state index is 11.2. The van der Waals surface area contributed by atoms with Crippen molar-refractivity contribution in [2.75, 3.05) is 13.2 Å². The molecule has 0 aliphatic carbocycles. The Bertz CT molecular complexity index is 267. The van der Waals surface area contributed by atoms with Gasteiger partial charge in [-0.1, -0.05) is 0 Å². The quantitative estimate of drug-likeness (QED) is 0.488. The highest BCUT2D eigenvalue weighted by molar-refractivity contribution is 5.87. The second-order valence-electron chi connectivity index (χ2n) is 3.09. The molecule has 16 heavy (non-hydrogen) atoms. The molecule has 0 fully saturated rings. The summed E-state index contributed by atoms with van der Waals surface area (Å²) in [5.74, 6) is -2.30. The molecule has 92 valence electrons. The normalized spacial score (nSPS) is 11.8. The number of carboxylic acids is 1. The Hall–Kier alpha value is -1.63. The largest absolute Gasteiger partial charge is 0.481 e. The maximum Gasteiger partial charge on any atom is 0.303 e. The van der Waals surface area contributed by atoms with Crippen LogP contribution < -0.4 is 11.1 Å². The Labute approximate surface area is 92.9 Å². The van der Waals surface area contributed by atoms with E-state index in [1.165, 1.54) is 0 Å². The predicted octanol–water partition coefficient (Wildman–Crippen LogP) is -1.14. The minimum Gasteiger partial charge on any atom is -0.481 e. The van der Waals surface area contributed by atoms with E-state index in [1.54, 1.807) is 6.92 Å². The first-order chi connectivity index (χ1) is 7.47. The molecule has 0 aliphatic rings. The molecule has 1 atom stereocenters. The number of amides is 2. The van der Waals surface area contributed by atoms with Crippen molar-refractivity contribution >= 4 is 17.8 Å². The molecule has 0 aromatic carbocycles. The fourth-order valence-electron chi connectivity index (χ4n) is 0.984. The number of rotatable bonds is 8. The van der Waals surface area contributed by atoms with Crippen molar-refractivity contribution in [1.82, 2.24) is 5.32 Å². The van der Waals surface area contributed by atoms with Gasteiger partial charge < -0.3 is 20.9 Å². The summed E-state index contributed by atoms with van der Waals surface area (Å²) in [5, 5.41) is 10.7. The molecule has 0 saturated heterocycles. The Morgan fingerprint density at radius 1 is 1.44 bits per heavy atom. The van der Waals surface area contributed by atoms with Gasteiger partial charge >= 0.3 is 5.97 Å². The maximum atomic E-state index is 11.2. The number of carboxylic acid groups (broad SMARTS) is 1. The van der Waals surface area contributed by atoms with Crippen molar-refractivity contribution in [1.29, 1.82) is 0 Å². The summed E-state index contributed by atoms with van der Waals surface area (Å²) in [5.41, 5.74) is 5.01. The van der Waals surface area contributed by atoms with Crippen LogP contribution in [0.5, 0.6) is 0 Å². The second-order valence-corrected chi connectivity index (χ2v) is 3.09. The van der Waals surface area contributed by atoms with Crippen LogP contribution in [0.2, 0.25) is 0 Å². The summed E-state index contributed by atoms with van der Waals surface area (Å²) in [6.45, 7) is 1.93. The molecule has 0 saturated carbocycles. The predicted molar refractivity (Wildman–Crippen MR) is 54.5 cm³/mol. The minimum atomic E-state index is -1.05. The fourth-order valence-corrected chi connectivity index (χ4v) is 0.984. The lowest BCUT2D eigenvalue weighted by molar-refractivity contribution is -0.138. The van der Waals surface area contributed by atoms with Gasteiger partial charge in [-0.25, -0.2) is 0 Å². The molecule has 0 spiro atoms. The highest BCUT2D eigenvalue weighted by atomic mass is 16.5. The van der Waals surface area contributed by atoms with Crippen LogP contribution in [-0.4, -0.2) is 42.1 Å². The molecule has 0 aromatic rings. The number of carbonyl (C=O) groups is 3. The smallest absolute Gasteiger partial charge is 0.303 e. The average Bonchev–Trinajstić information content (AvgIpc) is 2.20. The molecule has 0 aliphatic heterocycles. The van der Waals surface area contributed by atoms with Gasteiger partial charge in [0.1, 0.15) is 12.6 Å².